The topological polar surface area (TPSA) is 0 Å². The summed E-state index contributed by atoms with van der Waals surface area (Å²) in [5.41, 5.74) is 0. The van der Waals surface area contributed by atoms with Crippen molar-refractivity contribution in [3.05, 3.63) is 0 Å². The summed E-state index contributed by atoms with van der Waals surface area (Å²) >= 11 is 0. The maximum atomic E-state index is 2.70. The maximum Gasteiger partial charge on any atom is 0.0776 e. The first-order chi connectivity index (χ1) is 8.10. The minimum absolute atomic E-state index is 0.338. The van der Waals surface area contributed by atoms with Gasteiger partial charge in [-0.25, -0.2) is 0 Å². The van der Waals surface area contributed by atoms with Crippen LogP contribution in [0.5, 0.6) is 0 Å². The summed E-state index contributed by atoms with van der Waals surface area (Å²) in [6.45, 7) is 32.2. The number of hydrogen-bond donors (Lipinski definition) is 0. The van der Waals surface area contributed by atoms with Crippen molar-refractivity contribution in [2.45, 2.75) is 58.9 Å². The largest absolute Gasteiger partial charge is 0.0889 e. The van der Waals surface area contributed by atoms with Gasteiger partial charge in [0.1, 0.15) is 0 Å². The second kappa shape index (κ2) is 7.29. The van der Waals surface area contributed by atoms with Gasteiger partial charge in [0.2, 0.25) is 0 Å². The Morgan fingerprint density at radius 3 is 0.684 bits per heavy atom. The molecule has 0 aliphatic heterocycles. The van der Waals surface area contributed by atoms with E-state index in [1.54, 1.807) is 0 Å². The summed E-state index contributed by atoms with van der Waals surface area (Å²) < 4.78 is 0. The Bertz CT molecular complexity index is 243. The molecule has 7 heteroatoms. The molecule has 0 spiro atoms. The van der Waals surface area contributed by atoms with Crippen molar-refractivity contribution in [2.24, 2.45) is 0 Å². The van der Waals surface area contributed by atoms with Crippen molar-refractivity contribution in [1.29, 1.82) is 0 Å². The molecule has 0 fully saturated rings. The molecular formula is C12H36P4Si3. The Morgan fingerprint density at radius 1 is 0.421 bits per heavy atom. The van der Waals surface area contributed by atoms with Crippen LogP contribution in [0.3, 0.4) is 0 Å². The van der Waals surface area contributed by atoms with Gasteiger partial charge in [-0.2, -0.15) is 0 Å². The smallest absolute Gasteiger partial charge is 0.0776 e. The van der Waals surface area contributed by atoms with Gasteiger partial charge in [0, 0.05) is 0 Å². The van der Waals surface area contributed by atoms with Gasteiger partial charge in [0.25, 0.3) is 0 Å². The Kier molecular flexibility index (Phi) is 8.20. The van der Waals surface area contributed by atoms with E-state index in [9.17, 15) is 0 Å². The molecule has 0 amide bonds. The second-order valence-corrected chi connectivity index (χ2v) is 58.4. The van der Waals surface area contributed by atoms with Gasteiger partial charge in [-0.3, -0.25) is 0 Å². The fourth-order valence-corrected chi connectivity index (χ4v) is 110. The third kappa shape index (κ3) is 6.56. The lowest BCUT2D eigenvalue weighted by Gasteiger charge is -2.48. The molecule has 0 N–H and O–H groups in total. The Morgan fingerprint density at radius 2 is 0.579 bits per heavy atom. The van der Waals surface area contributed by atoms with Crippen LogP contribution in [-0.2, 0) is 0 Å². The standard InChI is InChI=1S/C12H36P4Si3/c1-13(17(4,5)6)16(14(2)18(7,8)9)15(3)19(10,11)12/h1-12H3. The summed E-state index contributed by atoms with van der Waals surface area (Å²) in [4.78, 5) is 0. The van der Waals surface area contributed by atoms with Crippen LogP contribution < -0.4 is 0 Å². The average molecular weight is 389 g/mol. The van der Waals surface area contributed by atoms with E-state index in [0.29, 0.717) is 28.5 Å². The molecule has 0 heterocycles. The van der Waals surface area contributed by atoms with E-state index in [2.05, 4.69) is 78.9 Å². The highest BCUT2D eigenvalue weighted by Gasteiger charge is 2.43. The fraction of sp³-hybridized carbons (Fsp3) is 1.00. The molecule has 0 rings (SSSR count). The van der Waals surface area contributed by atoms with Crippen LogP contribution in [0.25, 0.3) is 0 Å². The second-order valence-electron chi connectivity index (χ2n) is 8.35. The molecule has 3 unspecified atom stereocenters. The Balaban J connectivity index is 5.52. The molecule has 0 saturated carbocycles. The first kappa shape index (κ1) is 21.4. The summed E-state index contributed by atoms with van der Waals surface area (Å²) in [6, 6.07) is 0. The highest BCUT2D eigenvalue weighted by molar-refractivity contribution is 8.94. The normalized spacial score (nSPS) is 20.8. The summed E-state index contributed by atoms with van der Waals surface area (Å²) in [5, 5.41) is 0. The van der Waals surface area contributed by atoms with Gasteiger partial charge < -0.3 is 0 Å². The third-order valence-electron chi connectivity index (χ3n) is 3.72. The van der Waals surface area contributed by atoms with Crippen LogP contribution in [0.1, 0.15) is 0 Å². The number of rotatable bonds is 6. The van der Waals surface area contributed by atoms with Crippen molar-refractivity contribution >= 4 is 51.7 Å². The van der Waals surface area contributed by atoms with Crippen molar-refractivity contribution in [2.75, 3.05) is 20.0 Å². The maximum absolute atomic E-state index is 2.70. The van der Waals surface area contributed by atoms with Gasteiger partial charge in [-0.15, -0.1) is 0 Å². The molecular weight excluding hydrogens is 352 g/mol. The molecule has 3 atom stereocenters. The molecule has 116 valence electrons. The minimum atomic E-state index is -0.936. The van der Waals surface area contributed by atoms with E-state index in [-0.39, 0.29) is 0 Å². The van der Waals surface area contributed by atoms with Crippen molar-refractivity contribution in [3.63, 3.8) is 0 Å². The van der Waals surface area contributed by atoms with Crippen LogP contribution in [0, 0.1) is 0 Å². The molecule has 0 aromatic carbocycles. The minimum Gasteiger partial charge on any atom is -0.0889 e. The number of hydrogen-bond acceptors (Lipinski definition) is 0. The SMILES string of the molecule is CP(P(P(C)[Si](C)(C)C)P(C)[Si](C)(C)C)[Si](C)(C)C. The molecule has 0 aliphatic rings. The summed E-state index contributed by atoms with van der Waals surface area (Å²) in [7, 11) is -1.79. The molecule has 0 aliphatic carbocycles. The van der Waals surface area contributed by atoms with E-state index >= 15 is 0 Å². The predicted octanol–water partition coefficient (Wildman–Crippen LogP) is 8.05. The highest BCUT2D eigenvalue weighted by atomic mass is 32.8. The van der Waals surface area contributed by atoms with Gasteiger partial charge >= 0.3 is 0 Å². The van der Waals surface area contributed by atoms with Gasteiger partial charge in [-0.05, 0) is 27.0 Å². The quantitative estimate of drug-likeness (QED) is 0.319. The van der Waals surface area contributed by atoms with Crippen molar-refractivity contribution in [1.82, 2.24) is 0 Å². The van der Waals surface area contributed by atoms with Crippen LogP contribution in [0.2, 0.25) is 58.9 Å². The van der Waals surface area contributed by atoms with E-state index in [1.807, 2.05) is 0 Å². The highest BCUT2D eigenvalue weighted by Crippen LogP contribution is 3.01. The van der Waals surface area contributed by atoms with E-state index in [0.717, 1.165) is 0 Å². The molecule has 19 heavy (non-hydrogen) atoms. The predicted molar refractivity (Wildman–Crippen MR) is 115 cm³/mol. The van der Waals surface area contributed by atoms with Crippen LogP contribution in [0.15, 0.2) is 0 Å². The third-order valence-corrected chi connectivity index (χ3v) is 78.6. The first-order valence-corrected chi connectivity index (χ1v) is 29.0. The van der Waals surface area contributed by atoms with Crippen LogP contribution in [0.4, 0.5) is 0 Å². The van der Waals surface area contributed by atoms with Gasteiger partial charge in [-0.1, -0.05) is 80.4 Å². The molecule has 0 bridgehead atoms. The molecule has 0 aromatic heterocycles. The van der Waals surface area contributed by atoms with E-state index in [1.165, 1.54) is 0 Å². The molecule has 0 aromatic rings. The summed E-state index contributed by atoms with van der Waals surface area (Å²) in [6.07, 6.45) is 0. The monoisotopic (exact) mass is 388 g/mol. The molecule has 0 nitrogen and oxygen atoms in total. The van der Waals surface area contributed by atoms with E-state index < -0.39 is 23.2 Å². The lowest BCUT2D eigenvalue weighted by molar-refractivity contribution is 1.86. The molecule has 0 saturated heterocycles. The lowest BCUT2D eigenvalue weighted by atomic mass is 11.8. The zero-order valence-electron chi connectivity index (χ0n) is 15.3. The lowest BCUT2D eigenvalue weighted by Crippen LogP contribution is -2.22. The Labute approximate surface area is 130 Å². The van der Waals surface area contributed by atoms with Crippen molar-refractivity contribution < 1.29 is 0 Å². The zero-order valence-corrected chi connectivity index (χ0v) is 21.9. The van der Waals surface area contributed by atoms with Crippen LogP contribution in [-0.4, -0.2) is 43.2 Å². The summed E-state index contributed by atoms with van der Waals surface area (Å²) in [5.74, 6) is 0. The van der Waals surface area contributed by atoms with Gasteiger partial charge in [0.05, 0.1) is 23.2 Å². The molecule has 0 radical (unpaired) electrons. The van der Waals surface area contributed by atoms with Gasteiger partial charge in [0.15, 0.2) is 0 Å². The van der Waals surface area contributed by atoms with Crippen LogP contribution >= 0.6 is 28.5 Å². The first-order valence-electron chi connectivity index (χ1n) is 7.11. The Hall–Kier alpha value is 2.37. The van der Waals surface area contributed by atoms with E-state index in [4.69, 9.17) is 0 Å². The van der Waals surface area contributed by atoms with Crippen molar-refractivity contribution in [3.8, 4) is 0 Å². The fourth-order valence-electron chi connectivity index (χ4n) is 1.41. The zero-order chi connectivity index (χ0) is 15.8. The average Bonchev–Trinajstić information content (AvgIpc) is 2.13.